The zero-order chi connectivity index (χ0) is 18.6. The summed E-state index contributed by atoms with van der Waals surface area (Å²) in [7, 11) is 1.54. The van der Waals surface area contributed by atoms with Crippen LogP contribution in [0.5, 0.6) is 5.88 Å². The minimum atomic E-state index is -0.0984. The predicted molar refractivity (Wildman–Crippen MR) is 103 cm³/mol. The lowest BCUT2D eigenvalue weighted by atomic mass is 9.68. The Balaban J connectivity index is 1.65. The van der Waals surface area contributed by atoms with Gasteiger partial charge in [0.15, 0.2) is 0 Å². The Bertz CT molecular complexity index is 773. The highest BCUT2D eigenvalue weighted by Gasteiger charge is 2.36. The van der Waals surface area contributed by atoms with Crippen LogP contribution >= 0.6 is 11.6 Å². The largest absolute Gasteiger partial charge is 0.481 e. The van der Waals surface area contributed by atoms with E-state index in [0.717, 1.165) is 30.7 Å². The molecule has 3 N–H and O–H groups in total. The Morgan fingerprint density at radius 1 is 1.35 bits per heavy atom. The zero-order valence-corrected chi connectivity index (χ0v) is 15.6. The van der Waals surface area contributed by atoms with Gasteiger partial charge in [-0.25, -0.2) is 4.98 Å². The number of nitrogens with zero attached hydrogens (tertiary/aromatic N) is 1. The average molecular weight is 374 g/mol. The van der Waals surface area contributed by atoms with Crippen molar-refractivity contribution in [3.8, 4) is 5.88 Å². The third-order valence-corrected chi connectivity index (χ3v) is 5.55. The van der Waals surface area contributed by atoms with Crippen molar-refractivity contribution in [1.29, 1.82) is 0 Å². The Morgan fingerprint density at radius 3 is 2.77 bits per heavy atom. The van der Waals surface area contributed by atoms with E-state index in [1.807, 2.05) is 18.2 Å². The number of rotatable bonds is 5. The number of methoxy groups -OCH3 is 1. The monoisotopic (exact) mass is 373 g/mol. The van der Waals surface area contributed by atoms with E-state index in [1.54, 1.807) is 18.3 Å². The molecule has 3 rings (SSSR count). The van der Waals surface area contributed by atoms with Gasteiger partial charge in [0.05, 0.1) is 7.11 Å². The fourth-order valence-corrected chi connectivity index (χ4v) is 3.87. The molecule has 1 saturated carbocycles. The molecular formula is C20H24ClN3O2. The number of halogens is 1. The zero-order valence-electron chi connectivity index (χ0n) is 14.9. The van der Waals surface area contributed by atoms with Crippen molar-refractivity contribution in [3.63, 3.8) is 0 Å². The Hall–Kier alpha value is -2.11. The molecule has 1 amide bonds. The second-order valence-corrected chi connectivity index (χ2v) is 7.27. The van der Waals surface area contributed by atoms with Crippen molar-refractivity contribution in [3.05, 3.63) is 58.7 Å². The Kier molecular flexibility index (Phi) is 5.79. The molecule has 1 heterocycles. The minimum absolute atomic E-state index is 0.0635. The van der Waals surface area contributed by atoms with Crippen molar-refractivity contribution in [1.82, 2.24) is 10.3 Å². The molecule has 1 fully saturated rings. The van der Waals surface area contributed by atoms with Gasteiger partial charge in [0.2, 0.25) is 5.88 Å². The van der Waals surface area contributed by atoms with Crippen LogP contribution in [0.4, 0.5) is 0 Å². The van der Waals surface area contributed by atoms with E-state index in [2.05, 4.69) is 16.4 Å². The van der Waals surface area contributed by atoms with E-state index in [-0.39, 0.29) is 17.4 Å². The second-order valence-electron chi connectivity index (χ2n) is 6.83. The molecule has 0 unspecified atom stereocenters. The molecule has 0 saturated heterocycles. The minimum Gasteiger partial charge on any atom is -0.481 e. The van der Waals surface area contributed by atoms with Crippen molar-refractivity contribution < 1.29 is 9.53 Å². The second kappa shape index (κ2) is 8.06. The Morgan fingerprint density at radius 2 is 2.12 bits per heavy atom. The molecule has 1 aromatic heterocycles. The fourth-order valence-electron chi connectivity index (χ4n) is 3.67. The molecule has 26 heavy (non-hydrogen) atoms. The van der Waals surface area contributed by atoms with Crippen LogP contribution < -0.4 is 15.8 Å². The van der Waals surface area contributed by atoms with Gasteiger partial charge in [-0.1, -0.05) is 23.7 Å². The number of benzene rings is 1. The summed E-state index contributed by atoms with van der Waals surface area (Å²) in [6, 6.07) is 11.4. The molecular weight excluding hydrogens is 350 g/mol. The van der Waals surface area contributed by atoms with Gasteiger partial charge in [-0.05, 0) is 49.4 Å². The lowest BCUT2D eigenvalue weighted by Crippen LogP contribution is -2.45. The van der Waals surface area contributed by atoms with Crippen molar-refractivity contribution >= 4 is 17.5 Å². The smallest absolute Gasteiger partial charge is 0.251 e. The number of aromatic nitrogens is 1. The molecule has 1 aromatic carbocycles. The first-order valence-electron chi connectivity index (χ1n) is 8.83. The summed E-state index contributed by atoms with van der Waals surface area (Å²) in [6.07, 6.45) is 5.20. The number of nitrogens with one attached hydrogen (secondary N) is 1. The van der Waals surface area contributed by atoms with Gasteiger partial charge in [0, 0.05) is 40.9 Å². The normalized spacial score (nSPS) is 22.7. The molecule has 138 valence electrons. The van der Waals surface area contributed by atoms with E-state index >= 15 is 0 Å². The number of carbonyl (C=O) groups excluding carboxylic acids is 1. The number of hydrogen-bond acceptors (Lipinski definition) is 4. The topological polar surface area (TPSA) is 77.2 Å². The van der Waals surface area contributed by atoms with Crippen molar-refractivity contribution in [2.45, 2.75) is 37.1 Å². The van der Waals surface area contributed by atoms with Crippen LogP contribution in [0.25, 0.3) is 0 Å². The SMILES string of the molecule is COc1cc(C(=O)NC2CCC(CN)(c3cccc(Cl)c3)CC2)ccn1. The lowest BCUT2D eigenvalue weighted by Gasteiger charge is -2.40. The highest BCUT2D eigenvalue weighted by molar-refractivity contribution is 6.30. The summed E-state index contributed by atoms with van der Waals surface area (Å²) < 4.78 is 5.08. The van der Waals surface area contributed by atoms with E-state index < -0.39 is 0 Å². The first-order chi connectivity index (χ1) is 12.6. The van der Waals surface area contributed by atoms with E-state index in [0.29, 0.717) is 18.0 Å². The van der Waals surface area contributed by atoms with Crippen LogP contribution in [0, 0.1) is 0 Å². The van der Waals surface area contributed by atoms with Crippen LogP contribution in [0.1, 0.15) is 41.6 Å². The van der Waals surface area contributed by atoms with Crippen LogP contribution in [0.15, 0.2) is 42.6 Å². The van der Waals surface area contributed by atoms with Crippen molar-refractivity contribution in [2.24, 2.45) is 5.73 Å². The van der Waals surface area contributed by atoms with E-state index in [1.165, 1.54) is 12.7 Å². The lowest BCUT2D eigenvalue weighted by molar-refractivity contribution is 0.0917. The van der Waals surface area contributed by atoms with Crippen molar-refractivity contribution in [2.75, 3.05) is 13.7 Å². The molecule has 0 spiro atoms. The molecule has 1 aliphatic carbocycles. The van der Waals surface area contributed by atoms with Gasteiger partial charge in [0.25, 0.3) is 5.91 Å². The first kappa shape index (κ1) is 18.7. The summed E-state index contributed by atoms with van der Waals surface area (Å²) in [5, 5.41) is 3.86. The van der Waals surface area contributed by atoms with Gasteiger partial charge in [0.1, 0.15) is 0 Å². The third-order valence-electron chi connectivity index (χ3n) is 5.31. The number of pyridine rings is 1. The molecule has 6 heteroatoms. The third kappa shape index (κ3) is 4.00. The number of carbonyl (C=O) groups is 1. The van der Waals surface area contributed by atoms with Crippen LogP contribution in [-0.2, 0) is 5.41 Å². The molecule has 1 aliphatic rings. The fraction of sp³-hybridized carbons (Fsp3) is 0.400. The summed E-state index contributed by atoms with van der Waals surface area (Å²) in [5.74, 6) is 0.336. The maximum atomic E-state index is 12.5. The number of hydrogen-bond donors (Lipinski definition) is 2. The van der Waals surface area contributed by atoms with Gasteiger partial charge in [-0.3, -0.25) is 4.79 Å². The average Bonchev–Trinajstić information content (AvgIpc) is 2.69. The van der Waals surface area contributed by atoms with Gasteiger partial charge < -0.3 is 15.8 Å². The maximum Gasteiger partial charge on any atom is 0.251 e. The van der Waals surface area contributed by atoms with Crippen LogP contribution in [0.3, 0.4) is 0 Å². The highest BCUT2D eigenvalue weighted by atomic mass is 35.5. The first-order valence-corrected chi connectivity index (χ1v) is 9.21. The quantitative estimate of drug-likeness (QED) is 0.842. The standard InChI is InChI=1S/C20H24ClN3O2/c1-26-18-11-14(7-10-23-18)19(25)24-17-5-8-20(13-22,9-6-17)15-3-2-4-16(21)12-15/h2-4,7,10-12,17H,5-6,8-9,13,22H2,1H3,(H,24,25). The van der Waals surface area contributed by atoms with Gasteiger partial charge in [-0.15, -0.1) is 0 Å². The van der Waals surface area contributed by atoms with Crippen LogP contribution in [-0.4, -0.2) is 30.6 Å². The van der Waals surface area contributed by atoms with Crippen LogP contribution in [0.2, 0.25) is 5.02 Å². The molecule has 0 atom stereocenters. The summed E-state index contributed by atoms with van der Waals surface area (Å²) in [4.78, 5) is 16.5. The number of amides is 1. The molecule has 0 aliphatic heterocycles. The maximum absolute atomic E-state index is 12.5. The van der Waals surface area contributed by atoms with Gasteiger partial charge >= 0.3 is 0 Å². The molecule has 0 radical (unpaired) electrons. The van der Waals surface area contributed by atoms with Gasteiger partial charge in [-0.2, -0.15) is 0 Å². The summed E-state index contributed by atoms with van der Waals surface area (Å²) >= 11 is 6.16. The molecule has 0 bridgehead atoms. The van der Waals surface area contributed by atoms with E-state index in [4.69, 9.17) is 22.1 Å². The number of ether oxygens (including phenoxy) is 1. The highest BCUT2D eigenvalue weighted by Crippen LogP contribution is 2.39. The predicted octanol–water partition coefficient (Wildman–Crippen LogP) is 3.31. The number of nitrogens with two attached hydrogens (primary N) is 1. The molecule has 5 nitrogen and oxygen atoms in total. The summed E-state index contributed by atoms with van der Waals surface area (Å²) in [5.41, 5.74) is 7.82. The summed E-state index contributed by atoms with van der Waals surface area (Å²) in [6.45, 7) is 0.579. The van der Waals surface area contributed by atoms with E-state index in [9.17, 15) is 4.79 Å². The molecule has 2 aromatic rings. The Labute approximate surface area is 158 Å².